The van der Waals surface area contributed by atoms with Gasteiger partial charge >= 0.3 is 0 Å². The molecular weight excluding hydrogens is 430 g/mol. The first-order chi connectivity index (χ1) is 13.7. The van der Waals surface area contributed by atoms with Gasteiger partial charge in [0.1, 0.15) is 11.6 Å². The minimum Gasteiger partial charge on any atom is -0.332 e. The predicted molar refractivity (Wildman–Crippen MR) is 120 cm³/mol. The molecule has 0 bridgehead atoms. The molecule has 0 fully saturated rings. The molecule has 29 heavy (non-hydrogen) atoms. The molecule has 0 saturated heterocycles. The maximum Gasteiger partial charge on any atom is 0.263 e. The van der Waals surface area contributed by atoms with Crippen LogP contribution in [0, 0.1) is 13.8 Å². The molecule has 3 N–H and O–H groups in total. The molecule has 10 heteroatoms. The first-order valence-corrected chi connectivity index (χ1v) is 10.8. The summed E-state index contributed by atoms with van der Waals surface area (Å²) < 4.78 is 27.6. The Labute approximate surface area is 179 Å². The van der Waals surface area contributed by atoms with Crippen LogP contribution < -0.4 is 15.4 Å². The molecule has 7 nitrogen and oxygen atoms in total. The molecule has 3 aromatic rings. The van der Waals surface area contributed by atoms with E-state index >= 15 is 0 Å². The molecule has 0 amide bonds. The van der Waals surface area contributed by atoms with Gasteiger partial charge in [0, 0.05) is 28.2 Å². The number of hydrogen-bond donors (Lipinski definition) is 3. The molecular formula is C19H18ClN5O2S2. The summed E-state index contributed by atoms with van der Waals surface area (Å²) in [6.07, 6.45) is 0. The molecule has 0 saturated carbocycles. The summed E-state index contributed by atoms with van der Waals surface area (Å²) in [5.74, 6) is 0.717. The fourth-order valence-corrected chi connectivity index (χ4v) is 3.86. The molecule has 0 aliphatic carbocycles. The molecule has 0 spiro atoms. The van der Waals surface area contributed by atoms with E-state index in [1.807, 2.05) is 0 Å². The van der Waals surface area contributed by atoms with E-state index in [4.69, 9.17) is 23.8 Å². The highest BCUT2D eigenvalue weighted by Gasteiger charge is 2.15. The number of nitrogens with one attached hydrogen (secondary N) is 3. The van der Waals surface area contributed by atoms with Gasteiger partial charge in [0.2, 0.25) is 0 Å². The van der Waals surface area contributed by atoms with Crippen LogP contribution >= 0.6 is 23.8 Å². The quantitative estimate of drug-likeness (QED) is 0.500. The van der Waals surface area contributed by atoms with Crippen molar-refractivity contribution in [3.05, 3.63) is 71.1 Å². The number of thiocarbonyl (C=S) groups is 1. The number of halogens is 1. The lowest BCUT2D eigenvalue weighted by molar-refractivity contribution is 0.601. The fraction of sp³-hybridized carbons (Fsp3) is 0.105. The van der Waals surface area contributed by atoms with Crippen LogP contribution in [0.5, 0.6) is 0 Å². The van der Waals surface area contributed by atoms with Gasteiger partial charge in [-0.2, -0.15) is 0 Å². The number of aryl methyl sites for hydroxylation is 2. The summed E-state index contributed by atoms with van der Waals surface area (Å²) in [5.41, 5.74) is 2.10. The molecule has 0 aliphatic heterocycles. The van der Waals surface area contributed by atoms with E-state index in [0.717, 1.165) is 5.69 Å². The minimum absolute atomic E-state index is 0.105. The van der Waals surface area contributed by atoms with Gasteiger partial charge in [-0.15, -0.1) is 0 Å². The number of rotatable bonds is 5. The summed E-state index contributed by atoms with van der Waals surface area (Å²) in [7, 11) is -3.77. The van der Waals surface area contributed by atoms with Gasteiger partial charge in [0.15, 0.2) is 5.11 Å². The largest absolute Gasteiger partial charge is 0.332 e. The summed E-state index contributed by atoms with van der Waals surface area (Å²) in [4.78, 5) is 8.34. The van der Waals surface area contributed by atoms with Gasteiger partial charge in [0.05, 0.1) is 4.90 Å². The smallest absolute Gasteiger partial charge is 0.263 e. The Morgan fingerprint density at radius 2 is 1.48 bits per heavy atom. The average Bonchev–Trinajstić information content (AvgIpc) is 2.63. The Morgan fingerprint density at radius 1 is 0.931 bits per heavy atom. The fourth-order valence-electron chi connectivity index (χ4n) is 2.51. The van der Waals surface area contributed by atoms with Crippen molar-refractivity contribution in [3.8, 4) is 0 Å². The molecule has 0 unspecified atom stereocenters. The topological polar surface area (TPSA) is 96.0 Å². The monoisotopic (exact) mass is 447 g/mol. The molecule has 1 heterocycles. The molecule has 1 aromatic heterocycles. The Hall–Kier alpha value is -2.75. The molecule has 3 rings (SSSR count). The zero-order valence-corrected chi connectivity index (χ0v) is 18.0. The second-order valence-corrected chi connectivity index (χ2v) is 8.68. The molecule has 0 radical (unpaired) electrons. The zero-order chi connectivity index (χ0) is 21.0. The summed E-state index contributed by atoms with van der Waals surface area (Å²) in [6, 6.07) is 14.9. The SMILES string of the molecule is Cc1cc(NS(=O)(=O)c2ccc(NC(=S)Nc3ccc(Cl)cc3)cc2)nc(C)n1. The number of sulfonamides is 1. The van der Waals surface area contributed by atoms with E-state index in [1.54, 1.807) is 56.3 Å². The maximum atomic E-state index is 12.6. The maximum absolute atomic E-state index is 12.6. The normalized spacial score (nSPS) is 11.0. The standard InChI is InChI=1S/C19H18ClN5O2S2/c1-12-11-18(22-13(2)21-12)25-29(26,27)17-9-7-16(8-10-17)24-19(28)23-15-5-3-14(20)4-6-15/h3-11H,1-2H3,(H,21,22,25)(H2,23,24,28). The van der Waals surface area contributed by atoms with Gasteiger partial charge < -0.3 is 10.6 Å². The van der Waals surface area contributed by atoms with Crippen molar-refractivity contribution >= 4 is 56.1 Å². The van der Waals surface area contributed by atoms with Crippen LogP contribution in [0.3, 0.4) is 0 Å². The van der Waals surface area contributed by atoms with E-state index in [1.165, 1.54) is 12.1 Å². The van der Waals surface area contributed by atoms with Gasteiger partial charge in [-0.05, 0) is 74.6 Å². The summed E-state index contributed by atoms with van der Waals surface area (Å²) >= 11 is 11.1. The lowest BCUT2D eigenvalue weighted by Gasteiger charge is -2.12. The predicted octanol–water partition coefficient (Wildman–Crippen LogP) is 4.36. The van der Waals surface area contributed by atoms with Crippen molar-refractivity contribution in [1.82, 2.24) is 9.97 Å². The second-order valence-electron chi connectivity index (χ2n) is 6.16. The molecule has 0 atom stereocenters. The third-order valence-corrected chi connectivity index (χ3v) is 5.56. The Morgan fingerprint density at radius 3 is 2.03 bits per heavy atom. The van der Waals surface area contributed by atoms with Crippen LogP contribution in [-0.4, -0.2) is 23.5 Å². The van der Waals surface area contributed by atoms with Crippen LogP contribution in [-0.2, 0) is 10.0 Å². The molecule has 2 aromatic carbocycles. The first-order valence-electron chi connectivity index (χ1n) is 8.50. The van der Waals surface area contributed by atoms with Crippen molar-refractivity contribution in [3.63, 3.8) is 0 Å². The van der Waals surface area contributed by atoms with E-state index in [2.05, 4.69) is 25.3 Å². The third kappa shape index (κ3) is 5.86. The highest BCUT2D eigenvalue weighted by atomic mass is 35.5. The first kappa shape index (κ1) is 21.0. The second kappa shape index (κ2) is 8.73. The van der Waals surface area contributed by atoms with Gasteiger partial charge in [-0.3, -0.25) is 4.72 Å². The van der Waals surface area contributed by atoms with E-state index in [-0.39, 0.29) is 10.7 Å². The van der Waals surface area contributed by atoms with Crippen LogP contribution in [0.4, 0.5) is 17.2 Å². The Bertz CT molecular complexity index is 1110. The molecule has 0 aliphatic rings. The van der Waals surface area contributed by atoms with Crippen molar-refractivity contribution < 1.29 is 8.42 Å². The summed E-state index contributed by atoms with van der Waals surface area (Å²) in [6.45, 7) is 3.47. The van der Waals surface area contributed by atoms with Crippen molar-refractivity contribution in [1.29, 1.82) is 0 Å². The average molecular weight is 448 g/mol. The third-order valence-electron chi connectivity index (χ3n) is 3.73. The lowest BCUT2D eigenvalue weighted by Crippen LogP contribution is -2.19. The van der Waals surface area contributed by atoms with Crippen LogP contribution in [0.1, 0.15) is 11.5 Å². The minimum atomic E-state index is -3.77. The number of hydrogen-bond acceptors (Lipinski definition) is 5. The zero-order valence-electron chi connectivity index (χ0n) is 15.6. The lowest BCUT2D eigenvalue weighted by atomic mass is 10.3. The number of benzene rings is 2. The van der Waals surface area contributed by atoms with E-state index < -0.39 is 10.0 Å². The van der Waals surface area contributed by atoms with Gasteiger partial charge in [-0.25, -0.2) is 18.4 Å². The van der Waals surface area contributed by atoms with Crippen molar-refractivity contribution in [2.24, 2.45) is 0 Å². The van der Waals surface area contributed by atoms with E-state index in [9.17, 15) is 8.42 Å². The Kier molecular flexibility index (Phi) is 6.31. The van der Waals surface area contributed by atoms with Crippen LogP contribution in [0.2, 0.25) is 5.02 Å². The summed E-state index contributed by atoms with van der Waals surface area (Å²) in [5, 5.41) is 7.02. The number of aromatic nitrogens is 2. The van der Waals surface area contributed by atoms with E-state index in [0.29, 0.717) is 27.3 Å². The highest BCUT2D eigenvalue weighted by Crippen LogP contribution is 2.19. The Balaban J connectivity index is 1.67. The number of nitrogens with zero attached hydrogens (tertiary/aromatic N) is 2. The van der Waals surface area contributed by atoms with Crippen molar-refractivity contribution in [2.45, 2.75) is 18.7 Å². The van der Waals surface area contributed by atoms with Crippen molar-refractivity contribution in [2.75, 3.05) is 15.4 Å². The molecule has 150 valence electrons. The van der Waals surface area contributed by atoms with Gasteiger partial charge in [0.25, 0.3) is 10.0 Å². The number of anilines is 3. The van der Waals surface area contributed by atoms with Crippen LogP contribution in [0.15, 0.2) is 59.5 Å². The van der Waals surface area contributed by atoms with Gasteiger partial charge in [-0.1, -0.05) is 11.6 Å². The highest BCUT2D eigenvalue weighted by molar-refractivity contribution is 7.92. The van der Waals surface area contributed by atoms with Crippen LogP contribution in [0.25, 0.3) is 0 Å².